The van der Waals surface area contributed by atoms with Crippen LogP contribution in [0, 0.1) is 29.1 Å². The third-order valence-electron chi connectivity index (χ3n) is 2.43. The van der Waals surface area contributed by atoms with Crippen LogP contribution >= 0.6 is 0 Å². The third kappa shape index (κ3) is 4.42. The van der Waals surface area contributed by atoms with E-state index < -0.39 is 0 Å². The lowest BCUT2D eigenvalue weighted by Gasteiger charge is -2.18. The minimum Gasteiger partial charge on any atom is -0.340 e. The van der Waals surface area contributed by atoms with Gasteiger partial charge in [0.05, 0.1) is 24.1 Å². The van der Waals surface area contributed by atoms with Crippen molar-refractivity contribution in [3.05, 3.63) is 29.6 Å². The summed E-state index contributed by atoms with van der Waals surface area (Å²) in [6.07, 6.45) is 3.07. The van der Waals surface area contributed by atoms with Crippen molar-refractivity contribution in [3.63, 3.8) is 0 Å². The smallest absolute Gasteiger partial charge is 0.255 e. The highest BCUT2D eigenvalue weighted by Gasteiger charge is 2.14. The summed E-state index contributed by atoms with van der Waals surface area (Å²) in [5.41, 5.74) is 6.40. The van der Waals surface area contributed by atoms with Gasteiger partial charge in [-0.2, -0.15) is 5.26 Å². The summed E-state index contributed by atoms with van der Waals surface area (Å²) in [7, 11) is 1.66. The molecule has 1 heterocycles. The summed E-state index contributed by atoms with van der Waals surface area (Å²) in [5, 5.41) is 8.75. The summed E-state index contributed by atoms with van der Waals surface area (Å²) in [6, 6.07) is 3.77. The maximum absolute atomic E-state index is 12.1. The van der Waals surface area contributed by atoms with Gasteiger partial charge >= 0.3 is 0 Å². The number of nitrogens with two attached hydrogens (primary N) is 1. The molecule has 0 aliphatic heterocycles. The Labute approximate surface area is 113 Å². The fourth-order valence-corrected chi connectivity index (χ4v) is 1.53. The van der Waals surface area contributed by atoms with Crippen LogP contribution in [-0.2, 0) is 0 Å². The van der Waals surface area contributed by atoms with E-state index in [2.05, 4.69) is 22.9 Å². The first kappa shape index (κ1) is 14.7. The number of nitrogens with zero attached hydrogens (tertiary/aromatic N) is 3. The van der Waals surface area contributed by atoms with E-state index in [0.717, 1.165) is 0 Å². The predicted octanol–water partition coefficient (Wildman–Crippen LogP) is 0.623. The Morgan fingerprint density at radius 2 is 2.32 bits per heavy atom. The van der Waals surface area contributed by atoms with E-state index in [4.69, 9.17) is 11.0 Å². The van der Waals surface area contributed by atoms with Gasteiger partial charge in [-0.1, -0.05) is 11.8 Å². The lowest BCUT2D eigenvalue weighted by molar-refractivity contribution is 0.0784. The Bertz CT molecular complexity index is 551. The molecule has 0 bridgehead atoms. The average molecular weight is 256 g/mol. The van der Waals surface area contributed by atoms with E-state index in [1.54, 1.807) is 26.2 Å². The molecule has 0 aromatic carbocycles. The van der Waals surface area contributed by atoms with Gasteiger partial charge < -0.3 is 10.6 Å². The Hall–Kier alpha value is -2.37. The quantitative estimate of drug-likeness (QED) is 0.804. The number of carbonyl (C=O) groups is 1. The highest BCUT2D eigenvalue weighted by molar-refractivity contribution is 5.94. The summed E-state index contributed by atoms with van der Waals surface area (Å²) in [6.45, 7) is 2.41. The molecule has 19 heavy (non-hydrogen) atoms. The molecule has 1 aromatic rings. The Morgan fingerprint density at radius 1 is 1.58 bits per heavy atom. The molecule has 1 rings (SSSR count). The largest absolute Gasteiger partial charge is 0.340 e. The van der Waals surface area contributed by atoms with E-state index in [0.29, 0.717) is 17.7 Å². The predicted molar refractivity (Wildman–Crippen MR) is 71.9 cm³/mol. The zero-order chi connectivity index (χ0) is 14.3. The third-order valence-corrected chi connectivity index (χ3v) is 2.43. The first-order valence-electron chi connectivity index (χ1n) is 5.87. The number of nitriles is 1. The van der Waals surface area contributed by atoms with Gasteiger partial charge in [0.15, 0.2) is 0 Å². The first-order chi connectivity index (χ1) is 9.08. The molecule has 0 spiro atoms. The fourth-order valence-electron chi connectivity index (χ4n) is 1.53. The summed E-state index contributed by atoms with van der Waals surface area (Å²) >= 11 is 0. The highest BCUT2D eigenvalue weighted by atomic mass is 16.2. The van der Waals surface area contributed by atoms with E-state index in [1.165, 1.54) is 11.1 Å². The molecule has 1 aromatic heterocycles. The maximum atomic E-state index is 12.1. The molecule has 0 saturated carbocycles. The minimum atomic E-state index is -0.206. The molecular formula is C14H16N4O. The van der Waals surface area contributed by atoms with Crippen LogP contribution in [0.3, 0.4) is 0 Å². The number of hydrogen-bond acceptors (Lipinski definition) is 4. The normalized spacial score (nSPS) is 10.8. The first-order valence-corrected chi connectivity index (χ1v) is 5.87. The van der Waals surface area contributed by atoms with Crippen LogP contribution in [0.5, 0.6) is 0 Å². The maximum Gasteiger partial charge on any atom is 0.255 e. The van der Waals surface area contributed by atoms with Crippen molar-refractivity contribution >= 4 is 5.91 Å². The summed E-state index contributed by atoms with van der Waals surface area (Å²) in [5.74, 6) is 5.16. The molecular weight excluding hydrogens is 240 g/mol. The number of pyridine rings is 1. The van der Waals surface area contributed by atoms with Gasteiger partial charge in [0.2, 0.25) is 0 Å². The molecule has 2 N–H and O–H groups in total. The lowest BCUT2D eigenvalue weighted by atomic mass is 10.1. The van der Waals surface area contributed by atoms with E-state index in [-0.39, 0.29) is 18.4 Å². The second-order valence-electron chi connectivity index (χ2n) is 4.18. The van der Waals surface area contributed by atoms with Gasteiger partial charge in [0.25, 0.3) is 5.91 Å². The van der Waals surface area contributed by atoms with E-state index >= 15 is 0 Å². The highest BCUT2D eigenvalue weighted by Crippen LogP contribution is 2.06. The standard InChI is InChI=1S/C14H16N4O/c1-11(7-16)10-18(2)14(19)13-6-12(4-3-5-15)8-17-9-13/h6,8-9,11H,5,10,15H2,1-2H3. The van der Waals surface area contributed by atoms with Gasteiger partial charge in [-0.15, -0.1) is 0 Å². The molecule has 0 aliphatic carbocycles. The average Bonchev–Trinajstić information content (AvgIpc) is 2.44. The molecule has 0 saturated heterocycles. The minimum absolute atomic E-state index is 0.175. The summed E-state index contributed by atoms with van der Waals surface area (Å²) in [4.78, 5) is 17.6. The molecule has 5 heteroatoms. The van der Waals surface area contributed by atoms with E-state index in [9.17, 15) is 4.79 Å². The molecule has 5 nitrogen and oxygen atoms in total. The van der Waals surface area contributed by atoms with Crippen molar-refractivity contribution in [1.82, 2.24) is 9.88 Å². The molecule has 0 radical (unpaired) electrons. The molecule has 0 aliphatic rings. The van der Waals surface area contributed by atoms with Crippen LogP contribution in [0.2, 0.25) is 0 Å². The number of aromatic nitrogens is 1. The van der Waals surface area contributed by atoms with Crippen LogP contribution in [-0.4, -0.2) is 35.9 Å². The van der Waals surface area contributed by atoms with Crippen molar-refractivity contribution < 1.29 is 4.79 Å². The second kappa shape index (κ2) is 7.15. The zero-order valence-corrected chi connectivity index (χ0v) is 11.1. The van der Waals surface area contributed by atoms with Crippen LogP contribution in [0.4, 0.5) is 0 Å². The van der Waals surface area contributed by atoms with Gasteiger partial charge in [-0.3, -0.25) is 9.78 Å². The number of carbonyl (C=O) groups excluding carboxylic acids is 1. The van der Waals surface area contributed by atoms with Crippen LogP contribution in [0.15, 0.2) is 18.5 Å². The summed E-state index contributed by atoms with van der Waals surface area (Å²) < 4.78 is 0. The fraction of sp³-hybridized carbons (Fsp3) is 0.357. The monoisotopic (exact) mass is 256 g/mol. The number of amides is 1. The molecule has 98 valence electrons. The zero-order valence-electron chi connectivity index (χ0n) is 11.1. The van der Waals surface area contributed by atoms with E-state index in [1.807, 2.05) is 0 Å². The van der Waals surface area contributed by atoms with Gasteiger partial charge in [-0.05, 0) is 13.0 Å². The SMILES string of the molecule is CC(C#N)CN(C)C(=O)c1cncc(C#CCN)c1. The van der Waals surface area contributed by atoms with Gasteiger partial charge in [-0.25, -0.2) is 0 Å². The van der Waals surface area contributed by atoms with Crippen molar-refractivity contribution in [2.75, 3.05) is 20.1 Å². The molecule has 1 amide bonds. The Balaban J connectivity index is 2.85. The molecule has 1 unspecified atom stereocenters. The van der Waals surface area contributed by atoms with Crippen molar-refractivity contribution in [2.45, 2.75) is 6.92 Å². The van der Waals surface area contributed by atoms with Gasteiger partial charge in [0.1, 0.15) is 0 Å². The molecule has 0 fully saturated rings. The van der Waals surface area contributed by atoms with Crippen molar-refractivity contribution in [3.8, 4) is 17.9 Å². The second-order valence-corrected chi connectivity index (χ2v) is 4.18. The number of rotatable bonds is 3. The van der Waals surface area contributed by atoms with Crippen LogP contribution in [0.25, 0.3) is 0 Å². The lowest BCUT2D eigenvalue weighted by Crippen LogP contribution is -2.30. The van der Waals surface area contributed by atoms with Crippen molar-refractivity contribution in [2.24, 2.45) is 11.7 Å². The Morgan fingerprint density at radius 3 is 2.95 bits per heavy atom. The van der Waals surface area contributed by atoms with Crippen molar-refractivity contribution in [1.29, 1.82) is 5.26 Å². The number of hydrogen-bond donors (Lipinski definition) is 1. The Kier molecular flexibility index (Phi) is 5.53. The molecule has 1 atom stereocenters. The van der Waals surface area contributed by atoms with Gasteiger partial charge in [0, 0.05) is 31.5 Å². The van der Waals surface area contributed by atoms with Crippen LogP contribution < -0.4 is 5.73 Å². The van der Waals surface area contributed by atoms with Crippen LogP contribution in [0.1, 0.15) is 22.8 Å². The topological polar surface area (TPSA) is 83.0 Å².